The van der Waals surface area contributed by atoms with E-state index in [2.05, 4.69) is 19.1 Å². The number of carboxylic acid groups (broad SMARTS) is 1. The van der Waals surface area contributed by atoms with Crippen molar-refractivity contribution in [3.63, 3.8) is 0 Å². The first-order chi connectivity index (χ1) is 8.74. The minimum Gasteiger partial charge on any atom is -0.486 e. The summed E-state index contributed by atoms with van der Waals surface area (Å²) in [6, 6.07) is 6.16. The SMILES string of the molecule is Cc1cc(OC2CCC2)c2occc2c1.O=CO. The molecule has 0 bridgehead atoms. The minimum atomic E-state index is -0.250. The molecule has 4 heteroatoms. The lowest BCUT2D eigenvalue weighted by Crippen LogP contribution is -2.24. The maximum atomic E-state index is 8.36. The summed E-state index contributed by atoms with van der Waals surface area (Å²) in [5.41, 5.74) is 2.10. The minimum absolute atomic E-state index is 0.250. The van der Waals surface area contributed by atoms with Crippen LogP contribution in [-0.4, -0.2) is 17.7 Å². The second-order valence-corrected chi connectivity index (χ2v) is 4.38. The molecule has 3 rings (SSSR count). The Morgan fingerprint density at radius 2 is 2.17 bits per heavy atom. The van der Waals surface area contributed by atoms with Gasteiger partial charge in [-0.05, 0) is 49.9 Å². The number of ether oxygens (including phenoxy) is 1. The molecule has 1 saturated carbocycles. The van der Waals surface area contributed by atoms with Gasteiger partial charge in [-0.3, -0.25) is 4.79 Å². The first-order valence-corrected chi connectivity index (χ1v) is 5.97. The lowest BCUT2D eigenvalue weighted by atomic mass is 9.96. The molecule has 0 radical (unpaired) electrons. The lowest BCUT2D eigenvalue weighted by Gasteiger charge is -2.26. The number of benzene rings is 1. The standard InChI is InChI=1S/C13H14O2.CH2O2/c1-9-7-10-5-6-14-13(10)12(8-9)15-11-3-2-4-11;2-1-3/h5-8,11H,2-4H2,1H3;1H,(H,2,3). The van der Waals surface area contributed by atoms with Crippen LogP contribution >= 0.6 is 0 Å². The van der Waals surface area contributed by atoms with Gasteiger partial charge in [0, 0.05) is 5.39 Å². The summed E-state index contributed by atoms with van der Waals surface area (Å²) in [6.07, 6.45) is 5.77. The van der Waals surface area contributed by atoms with Crippen molar-refractivity contribution >= 4 is 17.4 Å². The van der Waals surface area contributed by atoms with Crippen molar-refractivity contribution in [2.75, 3.05) is 0 Å². The van der Waals surface area contributed by atoms with Crippen molar-refractivity contribution in [1.29, 1.82) is 0 Å². The van der Waals surface area contributed by atoms with E-state index in [4.69, 9.17) is 19.1 Å². The van der Waals surface area contributed by atoms with Crippen LogP contribution in [0.1, 0.15) is 24.8 Å². The molecule has 0 atom stereocenters. The molecule has 0 aliphatic heterocycles. The van der Waals surface area contributed by atoms with Crippen molar-refractivity contribution in [2.45, 2.75) is 32.3 Å². The van der Waals surface area contributed by atoms with E-state index in [1.165, 1.54) is 24.8 Å². The van der Waals surface area contributed by atoms with Gasteiger partial charge in [0.05, 0.1) is 12.4 Å². The van der Waals surface area contributed by atoms with Gasteiger partial charge in [-0.1, -0.05) is 0 Å². The Morgan fingerprint density at radius 3 is 2.78 bits per heavy atom. The largest absolute Gasteiger partial charge is 0.486 e. The number of hydrogen-bond donors (Lipinski definition) is 1. The highest BCUT2D eigenvalue weighted by Gasteiger charge is 2.20. The predicted molar refractivity (Wildman–Crippen MR) is 67.9 cm³/mol. The molecule has 1 N–H and O–H groups in total. The normalized spacial score (nSPS) is 14.5. The molecule has 0 unspecified atom stereocenters. The lowest BCUT2D eigenvalue weighted by molar-refractivity contribution is -0.122. The van der Waals surface area contributed by atoms with Crippen LogP contribution in [0, 0.1) is 6.92 Å². The molecule has 1 aliphatic rings. The van der Waals surface area contributed by atoms with Gasteiger partial charge in [-0.15, -0.1) is 0 Å². The van der Waals surface area contributed by atoms with Gasteiger partial charge in [0.15, 0.2) is 11.3 Å². The molecule has 96 valence electrons. The number of fused-ring (bicyclic) bond motifs is 1. The number of hydrogen-bond acceptors (Lipinski definition) is 3. The quantitative estimate of drug-likeness (QED) is 0.828. The summed E-state index contributed by atoms with van der Waals surface area (Å²) in [4.78, 5) is 8.36. The second-order valence-electron chi connectivity index (χ2n) is 4.38. The van der Waals surface area contributed by atoms with Gasteiger partial charge < -0.3 is 14.3 Å². The number of rotatable bonds is 2. The summed E-state index contributed by atoms with van der Waals surface area (Å²) in [5.74, 6) is 0.903. The van der Waals surface area contributed by atoms with E-state index in [1.807, 2.05) is 6.07 Å². The third kappa shape index (κ3) is 2.64. The summed E-state index contributed by atoms with van der Waals surface area (Å²) in [5, 5.41) is 8.02. The Labute approximate surface area is 105 Å². The molecule has 1 aliphatic carbocycles. The van der Waals surface area contributed by atoms with Crippen LogP contribution in [0.5, 0.6) is 5.75 Å². The molecular weight excluding hydrogens is 232 g/mol. The van der Waals surface area contributed by atoms with E-state index in [0.29, 0.717) is 6.10 Å². The van der Waals surface area contributed by atoms with E-state index in [9.17, 15) is 0 Å². The van der Waals surface area contributed by atoms with E-state index in [1.54, 1.807) is 6.26 Å². The van der Waals surface area contributed by atoms with Crippen molar-refractivity contribution in [3.05, 3.63) is 30.0 Å². The fourth-order valence-electron chi connectivity index (χ4n) is 1.95. The zero-order valence-corrected chi connectivity index (χ0v) is 10.3. The van der Waals surface area contributed by atoms with E-state index in [-0.39, 0.29) is 6.47 Å². The highest BCUT2D eigenvalue weighted by Crippen LogP contribution is 2.32. The van der Waals surface area contributed by atoms with Crippen molar-refractivity contribution in [1.82, 2.24) is 0 Å². The highest BCUT2D eigenvalue weighted by atomic mass is 16.5. The Bertz CT molecular complexity index is 526. The Hall–Kier alpha value is -1.97. The maximum Gasteiger partial charge on any atom is 0.290 e. The van der Waals surface area contributed by atoms with E-state index in [0.717, 1.165) is 16.7 Å². The molecule has 18 heavy (non-hydrogen) atoms. The van der Waals surface area contributed by atoms with Crippen LogP contribution in [0.4, 0.5) is 0 Å². The fraction of sp³-hybridized carbons (Fsp3) is 0.357. The molecular formula is C14H16O4. The van der Waals surface area contributed by atoms with Crippen LogP contribution in [0.15, 0.2) is 28.9 Å². The summed E-state index contributed by atoms with van der Waals surface area (Å²) in [6.45, 7) is 1.83. The Kier molecular flexibility index (Phi) is 3.87. The Balaban J connectivity index is 0.000000367. The molecule has 0 spiro atoms. The zero-order valence-electron chi connectivity index (χ0n) is 10.3. The molecule has 1 aromatic carbocycles. The van der Waals surface area contributed by atoms with Crippen molar-refractivity contribution in [2.24, 2.45) is 0 Å². The second kappa shape index (κ2) is 5.58. The third-order valence-electron chi connectivity index (χ3n) is 3.01. The monoisotopic (exact) mass is 248 g/mol. The van der Waals surface area contributed by atoms with Gasteiger partial charge in [-0.2, -0.15) is 0 Å². The van der Waals surface area contributed by atoms with E-state index >= 15 is 0 Å². The number of furan rings is 1. The van der Waals surface area contributed by atoms with Crippen LogP contribution < -0.4 is 4.74 Å². The highest BCUT2D eigenvalue weighted by molar-refractivity contribution is 5.83. The van der Waals surface area contributed by atoms with Crippen molar-refractivity contribution < 1.29 is 19.1 Å². The summed E-state index contributed by atoms with van der Waals surface area (Å²) in [7, 11) is 0. The van der Waals surface area contributed by atoms with Crippen LogP contribution in [0.3, 0.4) is 0 Å². The first kappa shape index (κ1) is 12.5. The third-order valence-corrected chi connectivity index (χ3v) is 3.01. The maximum absolute atomic E-state index is 8.36. The number of carbonyl (C=O) groups is 1. The van der Waals surface area contributed by atoms with Gasteiger partial charge in [0.2, 0.25) is 0 Å². The Morgan fingerprint density at radius 1 is 1.44 bits per heavy atom. The zero-order chi connectivity index (χ0) is 13.0. The van der Waals surface area contributed by atoms with Crippen LogP contribution in [0.2, 0.25) is 0 Å². The van der Waals surface area contributed by atoms with Gasteiger partial charge in [-0.25, -0.2) is 0 Å². The van der Waals surface area contributed by atoms with Gasteiger partial charge in [0.25, 0.3) is 6.47 Å². The molecule has 1 heterocycles. The predicted octanol–water partition coefficient (Wildman–Crippen LogP) is 3.37. The average Bonchev–Trinajstić information content (AvgIpc) is 2.72. The molecule has 0 amide bonds. The molecule has 1 fully saturated rings. The van der Waals surface area contributed by atoms with Crippen LogP contribution in [-0.2, 0) is 4.79 Å². The smallest absolute Gasteiger partial charge is 0.290 e. The van der Waals surface area contributed by atoms with Gasteiger partial charge in [0.1, 0.15) is 0 Å². The molecule has 0 saturated heterocycles. The topological polar surface area (TPSA) is 59.7 Å². The first-order valence-electron chi connectivity index (χ1n) is 5.97. The van der Waals surface area contributed by atoms with Crippen LogP contribution in [0.25, 0.3) is 11.0 Å². The fourth-order valence-corrected chi connectivity index (χ4v) is 1.95. The summed E-state index contributed by atoms with van der Waals surface area (Å²) >= 11 is 0. The van der Waals surface area contributed by atoms with E-state index < -0.39 is 0 Å². The number of aryl methyl sites for hydroxylation is 1. The molecule has 1 aromatic heterocycles. The van der Waals surface area contributed by atoms with Gasteiger partial charge >= 0.3 is 0 Å². The van der Waals surface area contributed by atoms with Crippen molar-refractivity contribution in [3.8, 4) is 5.75 Å². The summed E-state index contributed by atoms with van der Waals surface area (Å²) < 4.78 is 11.4. The molecule has 2 aromatic rings. The average molecular weight is 248 g/mol. The molecule has 4 nitrogen and oxygen atoms in total.